The van der Waals surface area contributed by atoms with E-state index in [1.165, 1.54) is 6.26 Å². The molecule has 0 amide bonds. The zero-order chi connectivity index (χ0) is 25.2. The number of nitrogens with one attached hydrogen (secondary N) is 1. The molecule has 2 aromatic carbocycles. The standard InChI is InChI=1S/C25H26FN5O3S/c1-16-11-18(14-27)12-17(2)23(16)34-24-22(26)15-28-25(30-24)29-19-7-9-31(10-8-19)20-5-4-6-21(13-20)35(3,32)33/h4-6,11-13,15,19H,7-10H2,1-3H3,(H,28,29,30). The number of hydrogen-bond acceptors (Lipinski definition) is 8. The maximum Gasteiger partial charge on any atom is 0.260 e. The van der Waals surface area contributed by atoms with Gasteiger partial charge in [-0.3, -0.25) is 0 Å². The van der Waals surface area contributed by atoms with E-state index in [1.54, 1.807) is 44.2 Å². The van der Waals surface area contributed by atoms with Gasteiger partial charge >= 0.3 is 0 Å². The number of halogens is 1. The first-order valence-corrected chi connectivity index (χ1v) is 13.1. The van der Waals surface area contributed by atoms with Crippen molar-refractivity contribution in [2.24, 2.45) is 0 Å². The summed E-state index contributed by atoms with van der Waals surface area (Å²) in [5.74, 6) is -0.146. The highest BCUT2D eigenvalue weighted by molar-refractivity contribution is 7.90. The molecule has 1 aliphatic rings. The number of benzene rings is 2. The summed E-state index contributed by atoms with van der Waals surface area (Å²) in [5.41, 5.74) is 2.79. The molecule has 0 atom stereocenters. The Hall–Kier alpha value is -3.71. The van der Waals surface area contributed by atoms with Crippen LogP contribution >= 0.6 is 0 Å². The van der Waals surface area contributed by atoms with Gasteiger partial charge in [-0.2, -0.15) is 14.6 Å². The van der Waals surface area contributed by atoms with E-state index in [9.17, 15) is 12.8 Å². The highest BCUT2D eigenvalue weighted by Gasteiger charge is 2.22. The zero-order valence-corrected chi connectivity index (χ0v) is 20.6. The summed E-state index contributed by atoms with van der Waals surface area (Å²) in [6.07, 6.45) is 3.82. The molecule has 10 heteroatoms. The second-order valence-electron chi connectivity index (χ2n) is 8.67. The van der Waals surface area contributed by atoms with E-state index in [2.05, 4.69) is 26.3 Å². The molecule has 1 aromatic heterocycles. The van der Waals surface area contributed by atoms with Crippen LogP contribution in [0.15, 0.2) is 47.5 Å². The number of piperidine rings is 1. The van der Waals surface area contributed by atoms with Crippen molar-refractivity contribution < 1.29 is 17.5 Å². The Morgan fingerprint density at radius 3 is 2.49 bits per heavy atom. The van der Waals surface area contributed by atoms with E-state index < -0.39 is 15.7 Å². The zero-order valence-electron chi connectivity index (χ0n) is 19.7. The van der Waals surface area contributed by atoms with Crippen molar-refractivity contribution >= 4 is 21.5 Å². The van der Waals surface area contributed by atoms with Crippen LogP contribution in [0.3, 0.4) is 0 Å². The van der Waals surface area contributed by atoms with Crippen molar-refractivity contribution in [2.75, 3.05) is 29.6 Å². The Kier molecular flexibility index (Phi) is 6.89. The molecule has 1 aliphatic heterocycles. The van der Waals surface area contributed by atoms with Gasteiger partial charge in [0.05, 0.1) is 22.7 Å². The lowest BCUT2D eigenvalue weighted by molar-refractivity contribution is 0.415. The minimum absolute atomic E-state index is 0.0704. The number of rotatable bonds is 6. The Morgan fingerprint density at radius 2 is 1.86 bits per heavy atom. The summed E-state index contributed by atoms with van der Waals surface area (Å²) < 4.78 is 43.9. The maximum absolute atomic E-state index is 14.4. The fraction of sp³-hybridized carbons (Fsp3) is 0.320. The van der Waals surface area contributed by atoms with Gasteiger partial charge < -0.3 is 15.0 Å². The molecule has 4 rings (SSSR count). The van der Waals surface area contributed by atoms with Gasteiger partial charge in [0, 0.05) is 31.1 Å². The summed E-state index contributed by atoms with van der Waals surface area (Å²) in [6, 6.07) is 12.5. The number of ether oxygens (including phenoxy) is 1. The van der Waals surface area contributed by atoms with Crippen molar-refractivity contribution in [1.82, 2.24) is 9.97 Å². The van der Waals surface area contributed by atoms with Crippen LogP contribution in [0.5, 0.6) is 11.6 Å². The van der Waals surface area contributed by atoms with Gasteiger partial charge in [0.25, 0.3) is 5.88 Å². The fourth-order valence-corrected chi connectivity index (χ4v) is 4.80. The second kappa shape index (κ2) is 9.88. The molecule has 182 valence electrons. The molecule has 35 heavy (non-hydrogen) atoms. The van der Waals surface area contributed by atoms with E-state index in [4.69, 9.17) is 10.00 Å². The van der Waals surface area contributed by atoms with Gasteiger partial charge in [-0.05, 0) is 68.1 Å². The molecular weight excluding hydrogens is 469 g/mol. The van der Waals surface area contributed by atoms with Gasteiger partial charge in [0.15, 0.2) is 9.84 Å². The fourth-order valence-electron chi connectivity index (χ4n) is 4.14. The summed E-state index contributed by atoms with van der Waals surface area (Å²) in [6.45, 7) is 5.03. The predicted octanol–water partition coefficient (Wildman–Crippen LogP) is 4.38. The number of aromatic nitrogens is 2. The Morgan fingerprint density at radius 1 is 1.17 bits per heavy atom. The monoisotopic (exact) mass is 495 g/mol. The largest absolute Gasteiger partial charge is 0.436 e. The van der Waals surface area contributed by atoms with Gasteiger partial charge in [-0.25, -0.2) is 13.4 Å². The van der Waals surface area contributed by atoms with E-state index in [1.807, 2.05) is 6.07 Å². The molecule has 0 aliphatic carbocycles. The van der Waals surface area contributed by atoms with Crippen LogP contribution in [-0.2, 0) is 9.84 Å². The van der Waals surface area contributed by atoms with Gasteiger partial charge in [0.2, 0.25) is 11.8 Å². The molecule has 0 spiro atoms. The lowest BCUT2D eigenvalue weighted by Crippen LogP contribution is -2.39. The van der Waals surface area contributed by atoms with Gasteiger partial charge in [0.1, 0.15) is 5.75 Å². The number of aryl methyl sites for hydroxylation is 2. The molecule has 3 aromatic rings. The highest BCUT2D eigenvalue weighted by Crippen LogP contribution is 2.31. The quantitative estimate of drug-likeness (QED) is 0.537. The molecule has 0 unspecified atom stereocenters. The summed E-state index contributed by atoms with van der Waals surface area (Å²) in [5, 5.41) is 12.4. The molecule has 0 radical (unpaired) electrons. The predicted molar refractivity (Wildman–Crippen MR) is 131 cm³/mol. The van der Waals surface area contributed by atoms with Crippen molar-refractivity contribution in [3.05, 3.63) is 65.1 Å². The first-order valence-electron chi connectivity index (χ1n) is 11.2. The highest BCUT2D eigenvalue weighted by atomic mass is 32.2. The molecule has 1 saturated heterocycles. The van der Waals surface area contributed by atoms with Crippen molar-refractivity contribution in [2.45, 2.75) is 37.6 Å². The minimum Gasteiger partial charge on any atom is -0.436 e. The number of hydrogen-bond donors (Lipinski definition) is 1. The first-order chi connectivity index (χ1) is 16.6. The molecule has 1 N–H and O–H groups in total. The number of nitriles is 1. The van der Waals surface area contributed by atoms with Crippen molar-refractivity contribution in [1.29, 1.82) is 5.26 Å². The molecule has 2 heterocycles. The number of anilines is 2. The topological polar surface area (TPSA) is 108 Å². The Balaban J connectivity index is 1.43. The third-order valence-electron chi connectivity index (χ3n) is 5.94. The molecule has 0 saturated carbocycles. The molecule has 1 fully saturated rings. The smallest absolute Gasteiger partial charge is 0.260 e. The molecular formula is C25H26FN5O3S. The normalized spacial score (nSPS) is 14.4. The van der Waals surface area contributed by atoms with E-state index in [-0.39, 0.29) is 17.9 Å². The van der Waals surface area contributed by atoms with Crippen LogP contribution < -0.4 is 15.0 Å². The van der Waals surface area contributed by atoms with Gasteiger partial charge in [-0.15, -0.1) is 0 Å². The minimum atomic E-state index is -3.27. The van der Waals surface area contributed by atoms with Crippen LogP contribution in [-0.4, -0.2) is 43.8 Å². The second-order valence-corrected chi connectivity index (χ2v) is 10.7. The molecule has 8 nitrogen and oxygen atoms in total. The van der Waals surface area contributed by atoms with Crippen LogP contribution in [0.4, 0.5) is 16.0 Å². The summed E-state index contributed by atoms with van der Waals surface area (Å²) in [7, 11) is -3.27. The summed E-state index contributed by atoms with van der Waals surface area (Å²) in [4.78, 5) is 10.7. The average molecular weight is 496 g/mol. The average Bonchev–Trinajstić information content (AvgIpc) is 2.83. The van der Waals surface area contributed by atoms with E-state index >= 15 is 0 Å². The first kappa shape index (κ1) is 24.4. The third-order valence-corrected chi connectivity index (χ3v) is 7.05. The maximum atomic E-state index is 14.4. The Bertz CT molecular complexity index is 1370. The third kappa shape index (κ3) is 5.69. The van der Waals surface area contributed by atoms with Crippen LogP contribution in [0, 0.1) is 31.0 Å². The van der Waals surface area contributed by atoms with E-state index in [0.29, 0.717) is 27.3 Å². The lowest BCUT2D eigenvalue weighted by atomic mass is 10.0. The van der Waals surface area contributed by atoms with Crippen molar-refractivity contribution in [3.63, 3.8) is 0 Å². The van der Waals surface area contributed by atoms with Crippen LogP contribution in [0.25, 0.3) is 0 Å². The van der Waals surface area contributed by atoms with E-state index in [0.717, 1.165) is 37.8 Å². The lowest BCUT2D eigenvalue weighted by Gasteiger charge is -2.34. The Labute approximate surface area is 204 Å². The number of nitrogens with zero attached hydrogens (tertiary/aromatic N) is 4. The molecule has 0 bridgehead atoms. The van der Waals surface area contributed by atoms with Crippen LogP contribution in [0.1, 0.15) is 29.5 Å². The van der Waals surface area contributed by atoms with Crippen molar-refractivity contribution in [3.8, 4) is 17.7 Å². The number of sulfone groups is 1. The summed E-state index contributed by atoms with van der Waals surface area (Å²) >= 11 is 0. The SMILES string of the molecule is Cc1cc(C#N)cc(C)c1Oc1nc(NC2CCN(c3cccc(S(C)(=O)=O)c3)CC2)ncc1F. The van der Waals surface area contributed by atoms with Gasteiger partial charge in [-0.1, -0.05) is 6.07 Å². The van der Waals surface area contributed by atoms with Crippen LogP contribution in [0.2, 0.25) is 0 Å².